The van der Waals surface area contributed by atoms with Crippen LogP contribution in [0.4, 0.5) is 0 Å². The van der Waals surface area contributed by atoms with Gasteiger partial charge in [0.15, 0.2) is 0 Å². The van der Waals surface area contributed by atoms with Crippen LogP contribution in [0.25, 0.3) is 6.08 Å². The summed E-state index contributed by atoms with van der Waals surface area (Å²) in [7, 11) is 1.63. The van der Waals surface area contributed by atoms with Crippen molar-refractivity contribution in [3.05, 3.63) is 69.0 Å². The Hall–Kier alpha value is -2.25. The highest BCUT2D eigenvalue weighted by Gasteiger charge is 2.41. The van der Waals surface area contributed by atoms with Crippen molar-refractivity contribution < 1.29 is 14.3 Å². The van der Waals surface area contributed by atoms with Crippen molar-refractivity contribution in [1.29, 1.82) is 0 Å². The summed E-state index contributed by atoms with van der Waals surface area (Å²) in [5.74, 6) is 0.573. The summed E-state index contributed by atoms with van der Waals surface area (Å²) in [6.07, 6.45) is 6.21. The average molecular weight is 515 g/mol. The van der Waals surface area contributed by atoms with Gasteiger partial charge in [0.1, 0.15) is 12.3 Å². The number of halogens is 1. The van der Waals surface area contributed by atoms with Gasteiger partial charge in [-0.3, -0.25) is 9.59 Å². The van der Waals surface area contributed by atoms with Gasteiger partial charge in [0.05, 0.1) is 16.5 Å². The summed E-state index contributed by atoms with van der Waals surface area (Å²) < 4.78 is 6.15. The van der Waals surface area contributed by atoms with Crippen molar-refractivity contribution in [2.75, 3.05) is 13.7 Å². The van der Waals surface area contributed by atoms with Gasteiger partial charge in [-0.05, 0) is 58.1 Å². The normalized spacial score (nSPS) is 21.9. The number of methoxy groups -OCH3 is 1. The van der Waals surface area contributed by atoms with Gasteiger partial charge in [-0.2, -0.15) is 0 Å². The molecular formula is C25H27BrN2O3S. The van der Waals surface area contributed by atoms with Gasteiger partial charge in [-0.1, -0.05) is 49.2 Å². The van der Waals surface area contributed by atoms with Gasteiger partial charge >= 0.3 is 0 Å². The van der Waals surface area contributed by atoms with Gasteiger partial charge in [-0.25, -0.2) is 0 Å². The number of hydrogen-bond donors (Lipinski definition) is 1. The van der Waals surface area contributed by atoms with Crippen molar-refractivity contribution in [2.24, 2.45) is 0 Å². The zero-order chi connectivity index (χ0) is 22.5. The quantitative estimate of drug-likeness (QED) is 0.551. The van der Waals surface area contributed by atoms with E-state index in [0.717, 1.165) is 47.0 Å². The first-order chi connectivity index (χ1) is 15.5. The van der Waals surface area contributed by atoms with E-state index in [4.69, 9.17) is 4.74 Å². The van der Waals surface area contributed by atoms with Gasteiger partial charge < -0.3 is 15.0 Å². The molecule has 2 amide bonds. The Morgan fingerprint density at radius 1 is 1.22 bits per heavy atom. The maximum Gasteiger partial charge on any atom is 0.261 e. The summed E-state index contributed by atoms with van der Waals surface area (Å²) in [6, 6.07) is 15.7. The van der Waals surface area contributed by atoms with Gasteiger partial charge in [0, 0.05) is 17.8 Å². The topological polar surface area (TPSA) is 58.6 Å². The lowest BCUT2D eigenvalue weighted by Crippen LogP contribution is -2.54. The van der Waals surface area contributed by atoms with Crippen LogP contribution in [0.2, 0.25) is 0 Å². The van der Waals surface area contributed by atoms with Crippen LogP contribution in [-0.4, -0.2) is 41.7 Å². The second-order valence-electron chi connectivity index (χ2n) is 8.11. The molecule has 2 fully saturated rings. The number of fused-ring (bicyclic) bond motifs is 1. The summed E-state index contributed by atoms with van der Waals surface area (Å²) in [5.41, 5.74) is 1.97. The lowest BCUT2D eigenvalue weighted by molar-refractivity contribution is -0.135. The third-order valence-electron chi connectivity index (χ3n) is 5.94. The highest BCUT2D eigenvalue weighted by Crippen LogP contribution is 2.42. The van der Waals surface area contributed by atoms with E-state index >= 15 is 0 Å². The van der Waals surface area contributed by atoms with E-state index < -0.39 is 0 Å². The van der Waals surface area contributed by atoms with E-state index in [1.165, 1.54) is 0 Å². The van der Waals surface area contributed by atoms with Gasteiger partial charge in [-0.15, -0.1) is 11.8 Å². The monoisotopic (exact) mass is 514 g/mol. The number of hydrogen-bond acceptors (Lipinski definition) is 4. The van der Waals surface area contributed by atoms with Crippen LogP contribution in [0, 0.1) is 0 Å². The molecule has 1 aliphatic heterocycles. The summed E-state index contributed by atoms with van der Waals surface area (Å²) >= 11 is 5.18. The minimum absolute atomic E-state index is 0.0556. The smallest absolute Gasteiger partial charge is 0.261 e. The number of rotatable bonds is 6. The zero-order valence-corrected chi connectivity index (χ0v) is 20.5. The fraction of sp³-hybridized carbons (Fsp3) is 0.360. The lowest BCUT2D eigenvalue weighted by Gasteiger charge is -2.43. The standard InChI is InChI=1S/C25H27BrN2O3S/c1-31-21-12-11-18(13-19(21)26)14-23-25(30)28(20-9-5-6-10-22(20)32-23)16-24(29)27-15-17-7-3-2-4-8-17/h2-4,7-8,11-14,20,22H,5-6,9-10,15-16H2,1H3,(H,27,29)/b23-14+. The van der Waals surface area contributed by atoms with E-state index in [1.54, 1.807) is 23.8 Å². The second-order valence-corrected chi connectivity index (χ2v) is 10.2. The molecule has 7 heteroatoms. The van der Waals surface area contributed by atoms with Crippen molar-refractivity contribution in [1.82, 2.24) is 10.2 Å². The Morgan fingerprint density at radius 2 is 2.00 bits per heavy atom. The number of carbonyl (C=O) groups is 2. The molecule has 0 aromatic heterocycles. The van der Waals surface area contributed by atoms with Crippen molar-refractivity contribution in [2.45, 2.75) is 43.5 Å². The second kappa shape index (κ2) is 10.6. The van der Waals surface area contributed by atoms with E-state index in [1.807, 2.05) is 54.6 Å². The number of nitrogens with zero attached hydrogens (tertiary/aromatic N) is 1. The predicted octanol–water partition coefficient (Wildman–Crippen LogP) is 5.00. The summed E-state index contributed by atoms with van der Waals surface area (Å²) in [6.45, 7) is 0.560. The molecule has 2 atom stereocenters. The fourth-order valence-electron chi connectivity index (χ4n) is 4.29. The van der Waals surface area contributed by atoms with E-state index in [-0.39, 0.29) is 24.4 Å². The predicted molar refractivity (Wildman–Crippen MR) is 132 cm³/mol. The molecule has 168 valence electrons. The molecule has 1 aliphatic carbocycles. The summed E-state index contributed by atoms with van der Waals surface area (Å²) in [4.78, 5) is 28.6. The third-order valence-corrected chi connectivity index (χ3v) is 7.96. The molecule has 1 heterocycles. The van der Waals surface area contributed by atoms with Crippen molar-refractivity contribution >= 4 is 45.6 Å². The first-order valence-electron chi connectivity index (χ1n) is 10.9. The molecule has 2 aromatic rings. The van der Waals surface area contributed by atoms with Crippen LogP contribution in [0.15, 0.2) is 57.9 Å². The van der Waals surface area contributed by atoms with Crippen LogP contribution in [0.5, 0.6) is 5.75 Å². The molecule has 0 spiro atoms. The number of carbonyl (C=O) groups excluding carboxylic acids is 2. The molecule has 1 saturated heterocycles. The number of nitrogens with one attached hydrogen (secondary N) is 1. The Kier molecular flexibility index (Phi) is 7.58. The van der Waals surface area contributed by atoms with Crippen LogP contribution >= 0.6 is 27.7 Å². The lowest BCUT2D eigenvalue weighted by atomic mass is 9.93. The highest BCUT2D eigenvalue weighted by molar-refractivity contribution is 9.10. The number of thioether (sulfide) groups is 1. The van der Waals surface area contributed by atoms with E-state index in [9.17, 15) is 9.59 Å². The van der Waals surface area contributed by atoms with Gasteiger partial charge in [0.2, 0.25) is 5.91 Å². The molecule has 4 rings (SSSR count). The number of ether oxygens (including phenoxy) is 1. The zero-order valence-electron chi connectivity index (χ0n) is 18.1. The highest BCUT2D eigenvalue weighted by atomic mass is 79.9. The molecule has 2 aromatic carbocycles. The Balaban J connectivity index is 1.51. The molecule has 0 bridgehead atoms. The maximum absolute atomic E-state index is 13.4. The minimum Gasteiger partial charge on any atom is -0.496 e. The average Bonchev–Trinajstić information content (AvgIpc) is 2.81. The van der Waals surface area contributed by atoms with Crippen molar-refractivity contribution in [3.63, 3.8) is 0 Å². The van der Waals surface area contributed by atoms with Gasteiger partial charge in [0.25, 0.3) is 5.91 Å². The Labute approximate surface area is 201 Å². The fourth-order valence-corrected chi connectivity index (χ4v) is 6.32. The molecule has 32 heavy (non-hydrogen) atoms. The van der Waals surface area contributed by atoms with Crippen LogP contribution in [0.3, 0.4) is 0 Å². The molecule has 2 aliphatic rings. The first kappa shape index (κ1) is 22.9. The molecule has 1 saturated carbocycles. The first-order valence-corrected chi connectivity index (χ1v) is 12.6. The van der Waals surface area contributed by atoms with Crippen LogP contribution in [-0.2, 0) is 16.1 Å². The molecule has 2 unspecified atom stereocenters. The van der Waals surface area contributed by atoms with E-state index in [2.05, 4.69) is 21.2 Å². The molecule has 5 nitrogen and oxygen atoms in total. The Morgan fingerprint density at radius 3 is 2.75 bits per heavy atom. The number of amides is 2. The largest absolute Gasteiger partial charge is 0.496 e. The number of benzene rings is 2. The molecular weight excluding hydrogens is 488 g/mol. The van der Waals surface area contributed by atoms with Crippen LogP contribution < -0.4 is 10.1 Å². The Bertz CT molecular complexity index is 1010. The van der Waals surface area contributed by atoms with Crippen molar-refractivity contribution in [3.8, 4) is 5.75 Å². The molecule has 1 N–H and O–H groups in total. The summed E-state index contributed by atoms with van der Waals surface area (Å²) in [5, 5.41) is 3.30. The molecule has 0 radical (unpaired) electrons. The minimum atomic E-state index is -0.120. The maximum atomic E-state index is 13.4. The van der Waals surface area contributed by atoms with Crippen LogP contribution in [0.1, 0.15) is 36.8 Å². The third kappa shape index (κ3) is 5.38. The van der Waals surface area contributed by atoms with E-state index in [0.29, 0.717) is 16.7 Å². The SMILES string of the molecule is COc1ccc(/C=C2/SC3CCCCC3N(CC(=O)NCc3ccccc3)C2=O)cc1Br.